The summed E-state index contributed by atoms with van der Waals surface area (Å²) < 4.78 is 21.1. The first-order valence-electron chi connectivity index (χ1n) is 9.75. The summed E-state index contributed by atoms with van der Waals surface area (Å²) in [7, 11) is 1.99. The fourth-order valence-corrected chi connectivity index (χ4v) is 4.42. The van der Waals surface area contributed by atoms with Crippen molar-refractivity contribution in [1.29, 1.82) is 0 Å². The summed E-state index contributed by atoms with van der Waals surface area (Å²) >= 11 is 3.39. The summed E-state index contributed by atoms with van der Waals surface area (Å²) in [5.74, 6) is -0.434. The second-order valence-electron chi connectivity index (χ2n) is 8.40. The first kappa shape index (κ1) is 20.6. The molecule has 2 heterocycles. The molecule has 0 bridgehead atoms. The Morgan fingerprint density at radius 1 is 1.33 bits per heavy atom. The average molecular weight is 472 g/mol. The number of nitrogens with zero attached hydrogens (tertiary/aromatic N) is 2. The molecule has 5 nitrogen and oxygen atoms in total. The Labute approximate surface area is 183 Å². The van der Waals surface area contributed by atoms with Crippen molar-refractivity contribution in [2.45, 2.75) is 38.6 Å². The smallest absolute Gasteiger partial charge is 0.307 e. The Balaban J connectivity index is 1.54. The van der Waals surface area contributed by atoms with E-state index in [9.17, 15) is 9.18 Å². The van der Waals surface area contributed by atoms with Crippen LogP contribution in [0.25, 0.3) is 11.0 Å². The summed E-state index contributed by atoms with van der Waals surface area (Å²) in [6.07, 6.45) is 2.30. The average Bonchev–Trinajstić information content (AvgIpc) is 3.10. The number of amides is 1. The molecule has 0 radical (unpaired) electrons. The van der Waals surface area contributed by atoms with Gasteiger partial charge in [-0.3, -0.25) is 4.79 Å². The highest BCUT2D eigenvalue weighted by Crippen LogP contribution is 2.43. The highest BCUT2D eigenvalue weighted by atomic mass is 79.9. The van der Waals surface area contributed by atoms with Crippen LogP contribution in [0.2, 0.25) is 0 Å². The zero-order chi connectivity index (χ0) is 21.6. The molecular weight excluding hydrogens is 449 g/mol. The summed E-state index contributed by atoms with van der Waals surface area (Å²) in [6.45, 7) is 6.46. The van der Waals surface area contributed by atoms with Gasteiger partial charge in [0.05, 0.1) is 6.21 Å². The molecule has 3 aromatic rings. The fourth-order valence-electron chi connectivity index (χ4n) is 4.05. The summed E-state index contributed by atoms with van der Waals surface area (Å²) in [5, 5.41) is 4.75. The van der Waals surface area contributed by atoms with Crippen molar-refractivity contribution < 1.29 is 13.6 Å². The molecule has 156 valence electrons. The molecule has 0 fully saturated rings. The van der Waals surface area contributed by atoms with Crippen molar-refractivity contribution in [1.82, 2.24) is 5.43 Å². The van der Waals surface area contributed by atoms with Crippen LogP contribution in [-0.2, 0) is 0 Å². The van der Waals surface area contributed by atoms with Crippen LogP contribution in [0.15, 0.2) is 50.4 Å². The third-order valence-electron chi connectivity index (χ3n) is 5.82. The third kappa shape index (κ3) is 3.74. The van der Waals surface area contributed by atoms with E-state index in [2.05, 4.69) is 52.1 Å². The molecule has 4 rings (SSSR count). The van der Waals surface area contributed by atoms with Crippen LogP contribution < -0.4 is 10.3 Å². The van der Waals surface area contributed by atoms with Crippen molar-refractivity contribution in [3.63, 3.8) is 0 Å². The van der Waals surface area contributed by atoms with Crippen molar-refractivity contribution in [2.75, 3.05) is 11.9 Å². The molecule has 2 aromatic carbocycles. The number of anilines is 1. The maximum absolute atomic E-state index is 14.7. The summed E-state index contributed by atoms with van der Waals surface area (Å²) in [6, 6.07) is 10.5. The molecule has 0 spiro atoms. The van der Waals surface area contributed by atoms with Crippen LogP contribution >= 0.6 is 15.9 Å². The molecule has 1 aliphatic heterocycles. The number of rotatable bonds is 3. The topological polar surface area (TPSA) is 57.8 Å². The lowest BCUT2D eigenvalue weighted by Crippen LogP contribution is -2.45. The molecule has 0 aliphatic carbocycles. The van der Waals surface area contributed by atoms with Gasteiger partial charge in [0.15, 0.2) is 5.76 Å². The molecule has 1 aliphatic rings. The van der Waals surface area contributed by atoms with Gasteiger partial charge in [-0.1, -0.05) is 22.9 Å². The second kappa shape index (κ2) is 7.54. The molecular formula is C23H23BrFN3O2. The van der Waals surface area contributed by atoms with Gasteiger partial charge in [-0.05, 0) is 68.1 Å². The van der Waals surface area contributed by atoms with Gasteiger partial charge in [0.2, 0.25) is 0 Å². The number of carbonyl (C=O) groups excluding carboxylic acids is 1. The van der Waals surface area contributed by atoms with E-state index in [4.69, 9.17) is 4.42 Å². The van der Waals surface area contributed by atoms with Crippen molar-refractivity contribution in [2.24, 2.45) is 5.10 Å². The highest BCUT2D eigenvalue weighted by molar-refractivity contribution is 9.10. The lowest BCUT2D eigenvalue weighted by Gasteiger charge is -2.45. The first-order chi connectivity index (χ1) is 14.2. The van der Waals surface area contributed by atoms with Gasteiger partial charge in [0.25, 0.3) is 0 Å². The van der Waals surface area contributed by atoms with E-state index in [0.717, 1.165) is 27.5 Å². The lowest BCUT2D eigenvalue weighted by molar-refractivity contribution is 0.0929. The molecule has 1 aromatic heterocycles. The number of nitrogens with one attached hydrogen (secondary N) is 1. The van der Waals surface area contributed by atoms with Gasteiger partial charge >= 0.3 is 5.91 Å². The Kier molecular flexibility index (Phi) is 5.18. The summed E-state index contributed by atoms with van der Waals surface area (Å²) in [5.41, 5.74) is 5.29. The van der Waals surface area contributed by atoms with Crippen LogP contribution in [0.4, 0.5) is 10.1 Å². The molecule has 30 heavy (non-hydrogen) atoms. The van der Waals surface area contributed by atoms with Crippen LogP contribution in [0.5, 0.6) is 0 Å². The van der Waals surface area contributed by atoms with Gasteiger partial charge in [-0.15, -0.1) is 0 Å². The number of hydrogen-bond donors (Lipinski definition) is 1. The number of carbonyl (C=O) groups is 1. The fraction of sp³-hybridized carbons (Fsp3) is 0.304. The van der Waals surface area contributed by atoms with Gasteiger partial charge in [0, 0.05) is 33.7 Å². The van der Waals surface area contributed by atoms with Crippen LogP contribution in [0.1, 0.15) is 54.8 Å². The predicted molar refractivity (Wildman–Crippen MR) is 121 cm³/mol. The largest absolute Gasteiger partial charge is 0.451 e. The van der Waals surface area contributed by atoms with Crippen molar-refractivity contribution >= 4 is 44.7 Å². The minimum atomic E-state index is -0.494. The predicted octanol–water partition coefficient (Wildman–Crippen LogP) is 5.82. The van der Waals surface area contributed by atoms with Gasteiger partial charge < -0.3 is 9.32 Å². The zero-order valence-electron chi connectivity index (χ0n) is 17.3. The van der Waals surface area contributed by atoms with E-state index in [0.29, 0.717) is 17.1 Å². The zero-order valence-corrected chi connectivity index (χ0v) is 18.9. The van der Waals surface area contributed by atoms with E-state index in [1.165, 1.54) is 6.21 Å². The lowest BCUT2D eigenvalue weighted by atomic mass is 9.80. The highest BCUT2D eigenvalue weighted by Gasteiger charge is 2.34. The normalized spacial score (nSPS) is 18.1. The first-order valence-corrected chi connectivity index (χ1v) is 10.5. The van der Waals surface area contributed by atoms with Crippen LogP contribution in [-0.4, -0.2) is 24.7 Å². The number of halogens is 2. The Morgan fingerprint density at radius 3 is 2.87 bits per heavy atom. The Hall–Kier alpha value is -2.67. The third-order valence-corrected chi connectivity index (χ3v) is 6.32. The van der Waals surface area contributed by atoms with E-state index in [1.54, 1.807) is 18.2 Å². The molecule has 0 saturated heterocycles. The Morgan fingerprint density at radius 2 is 2.10 bits per heavy atom. The summed E-state index contributed by atoms with van der Waals surface area (Å²) in [4.78, 5) is 14.5. The number of hydrazone groups is 1. The number of fused-ring (bicyclic) bond motifs is 2. The number of furan rings is 1. The molecule has 1 N–H and O–H groups in total. The SMILES string of the molecule is CC1CC(C)(C)N(C)c2cc(F)c(/C=N/NC(=O)c3cc4cc(Br)ccc4o3)cc21. The maximum atomic E-state index is 14.7. The quantitative estimate of drug-likeness (QED) is 0.386. The molecule has 0 saturated carbocycles. The number of hydrogen-bond acceptors (Lipinski definition) is 4. The molecule has 1 amide bonds. The maximum Gasteiger partial charge on any atom is 0.307 e. The molecule has 1 atom stereocenters. The monoisotopic (exact) mass is 471 g/mol. The number of benzene rings is 2. The van der Waals surface area contributed by atoms with Crippen molar-refractivity contribution in [3.05, 3.63) is 63.6 Å². The second-order valence-corrected chi connectivity index (χ2v) is 9.32. The van der Waals surface area contributed by atoms with Gasteiger partial charge in [-0.2, -0.15) is 5.10 Å². The van der Waals surface area contributed by atoms with E-state index >= 15 is 0 Å². The van der Waals surface area contributed by atoms with Crippen LogP contribution in [0.3, 0.4) is 0 Å². The molecule has 1 unspecified atom stereocenters. The van der Waals surface area contributed by atoms with E-state index < -0.39 is 5.91 Å². The minimum Gasteiger partial charge on any atom is -0.451 e. The van der Waals surface area contributed by atoms with E-state index in [-0.39, 0.29) is 17.1 Å². The van der Waals surface area contributed by atoms with Gasteiger partial charge in [-0.25, -0.2) is 9.82 Å². The minimum absolute atomic E-state index is 0.0371. The standard InChI is InChI=1S/C23H23BrFN3O2/c1-13-11-23(2,3)28(4)19-10-18(25)15(8-17(13)19)12-26-27-22(29)21-9-14-7-16(24)5-6-20(14)30-21/h5-10,12-13H,11H2,1-4H3,(H,27,29)/b26-12+. The van der Waals surface area contributed by atoms with E-state index in [1.807, 2.05) is 25.2 Å². The van der Waals surface area contributed by atoms with Crippen LogP contribution in [0, 0.1) is 5.82 Å². The molecule has 7 heteroatoms. The Bertz CT molecular complexity index is 1170. The van der Waals surface area contributed by atoms with Gasteiger partial charge in [0.1, 0.15) is 11.4 Å². The van der Waals surface area contributed by atoms with Crippen molar-refractivity contribution in [3.8, 4) is 0 Å².